The van der Waals surface area contributed by atoms with Gasteiger partial charge in [-0.05, 0) is 19.5 Å². The minimum atomic E-state index is -0.826. The number of halogens is 2. The Morgan fingerprint density at radius 1 is 1.20 bits per heavy atom. The monoisotopic (exact) mass is 222 g/mol. The molecule has 0 nitrogen and oxygen atoms in total. The predicted octanol–water partition coefficient (Wildman–Crippen LogP) is -0.991. The standard InChI is InChI=1S/2ClH.H6Si2.Zr/c;;1-2;/h2*1H;1-2H3;/q;;;+2/p-2. The first kappa shape index (κ1) is 10.0. The minimum Gasteiger partial charge on any atom is -0.0125 e. The Hall–Kier alpha value is 1.90. The molecule has 0 bridgehead atoms. The van der Waals surface area contributed by atoms with Crippen LogP contribution in [-0.4, -0.2) is 19.5 Å². The van der Waals surface area contributed by atoms with Gasteiger partial charge in [0.2, 0.25) is 0 Å². The number of hydrogen-bond donors (Lipinski definition) is 0. The summed E-state index contributed by atoms with van der Waals surface area (Å²) in [6.07, 6.45) is 0. The largest absolute Gasteiger partial charge is 0.0125 e. The summed E-state index contributed by atoms with van der Waals surface area (Å²) in [7, 11) is 12.8. The molecule has 0 radical (unpaired) electrons. The molecular formula is H6Cl2Si2Zr. The van der Waals surface area contributed by atoms with Crippen molar-refractivity contribution in [3.63, 3.8) is 0 Å². The fraction of sp³-hybridized carbons (Fsp3) is 0. The minimum absolute atomic E-state index is 0.826. The van der Waals surface area contributed by atoms with Gasteiger partial charge in [-0.3, -0.25) is 0 Å². The number of rotatable bonds is 0. The third-order valence-electron chi connectivity index (χ3n) is 0. The molecule has 0 unspecified atom stereocenters. The van der Waals surface area contributed by atoms with Gasteiger partial charge >= 0.3 is 37.9 Å². The Kier molecular flexibility index (Phi) is 33.7. The SMILES string of the molecule is [Cl][Zr][Cl].[SiH3][SiH3]. The summed E-state index contributed by atoms with van der Waals surface area (Å²) in [5.74, 6) is 0. The second kappa shape index (κ2) is 16.9. The second-order valence-corrected chi connectivity index (χ2v) is 3.80. The van der Waals surface area contributed by atoms with Gasteiger partial charge in [-0.15, -0.1) is 0 Å². The van der Waals surface area contributed by atoms with Crippen LogP contribution in [0.5, 0.6) is 0 Å². The first-order valence-corrected chi connectivity index (χ1v) is 15.7. The van der Waals surface area contributed by atoms with Crippen molar-refractivity contribution in [2.75, 3.05) is 0 Å². The molecule has 0 rings (SSSR count). The average molecular weight is 224 g/mol. The number of hydrogen-bond acceptors (Lipinski definition) is 0. The van der Waals surface area contributed by atoms with E-state index >= 15 is 0 Å². The molecule has 5 heteroatoms. The quantitative estimate of drug-likeness (QED) is 0.464. The van der Waals surface area contributed by atoms with Crippen LogP contribution < -0.4 is 0 Å². The van der Waals surface area contributed by atoms with Crippen LogP contribution in [0.3, 0.4) is 0 Å². The molecule has 5 heavy (non-hydrogen) atoms. The maximum atomic E-state index is 4.93. The molecule has 0 N–H and O–H groups in total. The molecule has 0 spiro atoms. The summed E-state index contributed by atoms with van der Waals surface area (Å²) in [5.41, 5.74) is 0. The molecule has 0 saturated carbocycles. The van der Waals surface area contributed by atoms with Gasteiger partial charge in [-0.1, -0.05) is 0 Å². The van der Waals surface area contributed by atoms with E-state index in [4.69, 9.17) is 17.0 Å². The van der Waals surface area contributed by atoms with Crippen molar-refractivity contribution in [3.8, 4) is 0 Å². The zero-order valence-corrected chi connectivity index (χ0v) is 11.2. The maximum Gasteiger partial charge on any atom is -0.0125 e. The van der Waals surface area contributed by atoms with E-state index in [-0.39, 0.29) is 0 Å². The zero-order chi connectivity index (χ0) is 4.71. The van der Waals surface area contributed by atoms with Gasteiger partial charge in [0.25, 0.3) is 0 Å². The van der Waals surface area contributed by atoms with Gasteiger partial charge in [0.1, 0.15) is 0 Å². The normalized spacial score (nSPS) is 5.20. The summed E-state index contributed by atoms with van der Waals surface area (Å²) in [4.78, 5) is 0. The summed E-state index contributed by atoms with van der Waals surface area (Å²) >= 11 is -0.826. The van der Waals surface area contributed by atoms with Crippen LogP contribution in [0.15, 0.2) is 0 Å². The van der Waals surface area contributed by atoms with E-state index in [1.807, 2.05) is 0 Å². The van der Waals surface area contributed by atoms with Gasteiger partial charge in [0.05, 0.1) is 0 Å². The molecule has 0 aliphatic rings. The van der Waals surface area contributed by atoms with Crippen molar-refractivity contribution in [3.05, 3.63) is 0 Å². The Bertz CT molecular complexity index is 7.61. The molecular weight excluding hydrogens is 218 g/mol. The van der Waals surface area contributed by atoms with Gasteiger partial charge in [0, 0.05) is 0 Å². The van der Waals surface area contributed by atoms with E-state index in [9.17, 15) is 0 Å². The fourth-order valence-corrected chi connectivity index (χ4v) is 0. The summed E-state index contributed by atoms with van der Waals surface area (Å²) in [5, 5.41) is 0. The second-order valence-electron chi connectivity index (χ2n) is 0.0714. The van der Waals surface area contributed by atoms with Crippen molar-refractivity contribution < 1.29 is 20.8 Å². The van der Waals surface area contributed by atoms with E-state index in [2.05, 4.69) is 0 Å². The summed E-state index contributed by atoms with van der Waals surface area (Å²) in [6.45, 7) is 0. The van der Waals surface area contributed by atoms with Gasteiger partial charge in [0.15, 0.2) is 0 Å². The van der Waals surface area contributed by atoms with Gasteiger partial charge in [-0.2, -0.15) is 0 Å². The van der Waals surface area contributed by atoms with Crippen LogP contribution >= 0.6 is 17.0 Å². The predicted molar refractivity (Wildman–Crippen MR) is 31.6 cm³/mol. The van der Waals surface area contributed by atoms with E-state index in [0.717, 1.165) is 0 Å². The summed E-state index contributed by atoms with van der Waals surface area (Å²) in [6, 6.07) is 0. The third kappa shape index (κ3) is 24.9. The van der Waals surface area contributed by atoms with Crippen LogP contribution in [0, 0.1) is 0 Å². The molecule has 0 aliphatic carbocycles. The van der Waals surface area contributed by atoms with E-state index in [0.29, 0.717) is 0 Å². The van der Waals surface area contributed by atoms with Crippen molar-refractivity contribution >= 4 is 36.5 Å². The molecule has 0 aromatic carbocycles. The third-order valence-corrected chi connectivity index (χ3v) is 0. The molecule has 0 atom stereocenters. The van der Waals surface area contributed by atoms with E-state index in [1.165, 1.54) is 19.5 Å². The Morgan fingerprint density at radius 3 is 1.20 bits per heavy atom. The zero-order valence-electron chi connectivity index (χ0n) is 3.26. The first-order valence-electron chi connectivity index (χ1n) is 1.38. The van der Waals surface area contributed by atoms with Gasteiger partial charge < -0.3 is 0 Å². The smallest absolute Gasteiger partial charge is 0.0125 e. The Labute approximate surface area is 56.9 Å². The fourth-order valence-electron chi connectivity index (χ4n) is 0. The Balaban J connectivity index is 0. The molecule has 0 heterocycles. The average Bonchev–Trinajstić information content (AvgIpc) is 1.46. The van der Waals surface area contributed by atoms with E-state index in [1.54, 1.807) is 0 Å². The van der Waals surface area contributed by atoms with Crippen molar-refractivity contribution in [2.24, 2.45) is 0 Å². The van der Waals surface area contributed by atoms with Crippen molar-refractivity contribution in [2.45, 2.75) is 0 Å². The van der Waals surface area contributed by atoms with Crippen LogP contribution in [-0.2, 0) is 20.8 Å². The van der Waals surface area contributed by atoms with Crippen LogP contribution in [0.1, 0.15) is 0 Å². The molecule has 0 aromatic rings. The molecule has 0 aliphatic heterocycles. The molecule has 32 valence electrons. The first-order chi connectivity index (χ1) is 2.41. The molecule has 0 saturated heterocycles. The van der Waals surface area contributed by atoms with Gasteiger partial charge in [-0.25, -0.2) is 0 Å². The maximum absolute atomic E-state index is 4.93. The van der Waals surface area contributed by atoms with E-state index < -0.39 is 20.8 Å². The van der Waals surface area contributed by atoms with Crippen LogP contribution in [0.2, 0.25) is 0 Å². The van der Waals surface area contributed by atoms with Crippen molar-refractivity contribution in [1.29, 1.82) is 0 Å². The molecule has 0 aromatic heterocycles. The Morgan fingerprint density at radius 2 is 1.20 bits per heavy atom. The summed E-state index contributed by atoms with van der Waals surface area (Å²) < 4.78 is 0. The molecule has 0 fully saturated rings. The van der Waals surface area contributed by atoms with Crippen LogP contribution in [0.25, 0.3) is 0 Å². The topological polar surface area (TPSA) is 0 Å². The molecule has 0 amide bonds. The van der Waals surface area contributed by atoms with Crippen LogP contribution in [0.4, 0.5) is 0 Å². The van der Waals surface area contributed by atoms with Crippen molar-refractivity contribution in [1.82, 2.24) is 0 Å².